The highest BCUT2D eigenvalue weighted by atomic mass is 16.6. The predicted octanol–water partition coefficient (Wildman–Crippen LogP) is 6.73. The third-order valence-electron chi connectivity index (χ3n) is 6.85. The lowest BCUT2D eigenvalue weighted by Gasteiger charge is -2.16. The first-order valence-electron chi connectivity index (χ1n) is 13.3. The molecule has 0 fully saturated rings. The van der Waals surface area contributed by atoms with Crippen LogP contribution in [0, 0.1) is 0 Å². The number of carbonyl (C=O) groups is 2. The summed E-state index contributed by atoms with van der Waals surface area (Å²) >= 11 is 0. The third-order valence-corrected chi connectivity index (χ3v) is 6.85. The van der Waals surface area contributed by atoms with Gasteiger partial charge in [-0.05, 0) is 69.3 Å². The molecule has 1 atom stereocenters. The van der Waals surface area contributed by atoms with E-state index in [-0.39, 0.29) is 32.3 Å². The number of esters is 2. The SMILES string of the molecule is C=CC(=O)OCCOc1ccc(-c2ccc3c(c2)-c2ccccc2C3c2ccc(OCCOC(=O)C=C)cc2)cc1. The first-order valence-corrected chi connectivity index (χ1v) is 13.3. The molecule has 1 aliphatic rings. The lowest BCUT2D eigenvalue weighted by molar-refractivity contribution is -0.139. The normalized spacial score (nSPS) is 12.9. The van der Waals surface area contributed by atoms with Crippen LogP contribution in [-0.2, 0) is 19.1 Å². The van der Waals surface area contributed by atoms with Crippen molar-refractivity contribution < 1.29 is 28.5 Å². The molecule has 4 aromatic rings. The number of ether oxygens (including phenoxy) is 4. The Morgan fingerprint density at radius 1 is 0.610 bits per heavy atom. The van der Waals surface area contributed by atoms with Crippen molar-refractivity contribution in [2.45, 2.75) is 5.92 Å². The summed E-state index contributed by atoms with van der Waals surface area (Å²) in [5, 5.41) is 0. The molecule has 0 saturated heterocycles. The standard InChI is InChI=1S/C35H30O6/c1-3-33(36)40-21-19-38-27-14-9-24(10-15-27)26-13-18-31-32(23-26)29-7-5-6-8-30(29)35(31)25-11-16-28(17-12-25)39-20-22-41-34(37)4-2/h3-18,23,35H,1-2,19-22H2. The summed E-state index contributed by atoms with van der Waals surface area (Å²) in [5.74, 6) is 0.618. The van der Waals surface area contributed by atoms with Crippen molar-refractivity contribution in [3.63, 3.8) is 0 Å². The van der Waals surface area contributed by atoms with Gasteiger partial charge in [-0.3, -0.25) is 0 Å². The Kier molecular flexibility index (Phi) is 8.60. The Balaban J connectivity index is 1.31. The molecule has 6 heteroatoms. The van der Waals surface area contributed by atoms with E-state index >= 15 is 0 Å². The number of hydrogen-bond acceptors (Lipinski definition) is 6. The van der Waals surface area contributed by atoms with Gasteiger partial charge in [-0.1, -0.05) is 73.8 Å². The molecule has 0 bridgehead atoms. The second kappa shape index (κ2) is 12.8. The molecule has 0 amide bonds. The van der Waals surface area contributed by atoms with Crippen LogP contribution in [-0.4, -0.2) is 38.4 Å². The fourth-order valence-corrected chi connectivity index (χ4v) is 4.96. The van der Waals surface area contributed by atoms with Gasteiger partial charge in [0.2, 0.25) is 0 Å². The molecule has 0 heterocycles. The van der Waals surface area contributed by atoms with E-state index in [1.165, 1.54) is 27.8 Å². The van der Waals surface area contributed by atoms with Gasteiger partial charge in [0.25, 0.3) is 0 Å². The molecule has 0 saturated carbocycles. The van der Waals surface area contributed by atoms with E-state index in [4.69, 9.17) is 18.9 Å². The van der Waals surface area contributed by atoms with Crippen molar-refractivity contribution in [1.82, 2.24) is 0 Å². The molecule has 0 N–H and O–H groups in total. The average Bonchev–Trinajstić information content (AvgIpc) is 3.35. The van der Waals surface area contributed by atoms with E-state index in [2.05, 4.69) is 67.8 Å². The minimum Gasteiger partial charge on any atom is -0.490 e. The van der Waals surface area contributed by atoms with E-state index in [1.54, 1.807) is 0 Å². The Morgan fingerprint density at radius 2 is 1.15 bits per heavy atom. The van der Waals surface area contributed by atoms with Crippen LogP contribution in [0.3, 0.4) is 0 Å². The zero-order valence-electron chi connectivity index (χ0n) is 22.6. The topological polar surface area (TPSA) is 71.1 Å². The van der Waals surface area contributed by atoms with E-state index in [1.807, 2.05) is 36.4 Å². The number of benzene rings is 4. The zero-order chi connectivity index (χ0) is 28.6. The second-order valence-electron chi connectivity index (χ2n) is 9.36. The van der Waals surface area contributed by atoms with Gasteiger partial charge in [-0.2, -0.15) is 0 Å². The van der Waals surface area contributed by atoms with E-state index in [0.29, 0.717) is 5.75 Å². The van der Waals surface area contributed by atoms with E-state index in [9.17, 15) is 9.59 Å². The summed E-state index contributed by atoms with van der Waals surface area (Å²) < 4.78 is 21.3. The predicted molar refractivity (Wildman–Crippen MR) is 158 cm³/mol. The summed E-state index contributed by atoms with van der Waals surface area (Å²) in [6, 6.07) is 31.1. The average molecular weight is 547 g/mol. The molecule has 5 rings (SSSR count). The Bertz CT molecular complexity index is 1550. The number of fused-ring (bicyclic) bond motifs is 3. The third kappa shape index (κ3) is 6.39. The second-order valence-corrected chi connectivity index (χ2v) is 9.36. The summed E-state index contributed by atoms with van der Waals surface area (Å²) in [4.78, 5) is 22.3. The largest absolute Gasteiger partial charge is 0.490 e. The summed E-state index contributed by atoms with van der Waals surface area (Å²) in [6.07, 6.45) is 2.27. The molecule has 6 nitrogen and oxygen atoms in total. The molecule has 0 radical (unpaired) electrons. The molecular formula is C35H30O6. The van der Waals surface area contributed by atoms with Crippen molar-refractivity contribution in [2.75, 3.05) is 26.4 Å². The summed E-state index contributed by atoms with van der Waals surface area (Å²) in [6.45, 7) is 7.64. The summed E-state index contributed by atoms with van der Waals surface area (Å²) in [5.41, 5.74) is 8.35. The molecule has 1 unspecified atom stereocenters. The molecule has 41 heavy (non-hydrogen) atoms. The quantitative estimate of drug-likeness (QED) is 0.0982. The van der Waals surface area contributed by atoms with Crippen molar-refractivity contribution >= 4 is 11.9 Å². The molecular weight excluding hydrogens is 516 g/mol. The first-order chi connectivity index (χ1) is 20.1. The number of hydrogen-bond donors (Lipinski definition) is 0. The Morgan fingerprint density at radius 3 is 1.76 bits per heavy atom. The van der Waals surface area contributed by atoms with E-state index in [0.717, 1.165) is 29.0 Å². The highest BCUT2D eigenvalue weighted by Crippen LogP contribution is 2.49. The fraction of sp³-hybridized carbons (Fsp3) is 0.143. The molecule has 0 aliphatic heterocycles. The van der Waals surface area contributed by atoms with Crippen molar-refractivity contribution in [3.8, 4) is 33.8 Å². The molecule has 1 aliphatic carbocycles. The number of rotatable bonds is 12. The Labute approximate surface area is 239 Å². The maximum Gasteiger partial charge on any atom is 0.330 e. The van der Waals surface area contributed by atoms with Crippen LogP contribution in [0.15, 0.2) is 116 Å². The van der Waals surface area contributed by atoms with E-state index < -0.39 is 11.9 Å². The lowest BCUT2D eigenvalue weighted by atomic mass is 9.89. The van der Waals surface area contributed by atoms with Crippen LogP contribution in [0.1, 0.15) is 22.6 Å². The highest BCUT2D eigenvalue weighted by molar-refractivity contribution is 5.84. The minimum atomic E-state index is -0.462. The maximum absolute atomic E-state index is 11.2. The minimum absolute atomic E-state index is 0.115. The monoisotopic (exact) mass is 546 g/mol. The number of carbonyl (C=O) groups excluding carboxylic acids is 2. The summed E-state index contributed by atoms with van der Waals surface area (Å²) in [7, 11) is 0. The Hall–Kier alpha value is -5.10. The van der Waals surface area contributed by atoms with Gasteiger partial charge in [-0.15, -0.1) is 0 Å². The zero-order valence-corrected chi connectivity index (χ0v) is 22.6. The highest BCUT2D eigenvalue weighted by Gasteiger charge is 2.30. The first kappa shape index (κ1) is 27.5. The molecule has 4 aromatic carbocycles. The van der Waals surface area contributed by atoms with Crippen LogP contribution in [0.4, 0.5) is 0 Å². The maximum atomic E-state index is 11.2. The van der Waals surface area contributed by atoms with Gasteiger partial charge >= 0.3 is 11.9 Å². The molecule has 0 aromatic heterocycles. The van der Waals surface area contributed by atoms with Crippen LogP contribution >= 0.6 is 0 Å². The smallest absolute Gasteiger partial charge is 0.330 e. The van der Waals surface area contributed by atoms with Crippen molar-refractivity contribution in [3.05, 3.63) is 133 Å². The van der Waals surface area contributed by atoms with Crippen molar-refractivity contribution in [2.24, 2.45) is 0 Å². The molecule has 0 spiro atoms. The van der Waals surface area contributed by atoms with Crippen molar-refractivity contribution in [1.29, 1.82) is 0 Å². The van der Waals surface area contributed by atoms with Crippen LogP contribution in [0.25, 0.3) is 22.3 Å². The molecule has 206 valence electrons. The van der Waals surface area contributed by atoms with Gasteiger partial charge in [0.1, 0.15) is 37.9 Å². The van der Waals surface area contributed by atoms with Gasteiger partial charge in [0, 0.05) is 18.1 Å². The van der Waals surface area contributed by atoms with Gasteiger partial charge in [-0.25, -0.2) is 9.59 Å². The van der Waals surface area contributed by atoms with Gasteiger partial charge in [0.15, 0.2) is 0 Å². The van der Waals surface area contributed by atoms with Gasteiger partial charge < -0.3 is 18.9 Å². The van der Waals surface area contributed by atoms with Gasteiger partial charge in [0.05, 0.1) is 0 Å². The van der Waals surface area contributed by atoms with Crippen LogP contribution in [0.5, 0.6) is 11.5 Å². The lowest BCUT2D eigenvalue weighted by Crippen LogP contribution is -2.10. The van der Waals surface area contributed by atoms with Crippen LogP contribution < -0.4 is 9.47 Å². The fourth-order valence-electron chi connectivity index (χ4n) is 4.96. The van der Waals surface area contributed by atoms with Crippen LogP contribution in [0.2, 0.25) is 0 Å².